The Bertz CT molecular complexity index is 746. The summed E-state index contributed by atoms with van der Waals surface area (Å²) in [4.78, 5) is 14.8. The highest BCUT2D eigenvalue weighted by Gasteiger charge is 2.26. The molecule has 4 nitrogen and oxygen atoms in total. The average molecular weight is 379 g/mol. The molecule has 148 valence electrons. The molecule has 2 heterocycles. The van der Waals surface area contributed by atoms with Gasteiger partial charge in [-0.3, -0.25) is 9.69 Å². The van der Waals surface area contributed by atoms with E-state index in [1.165, 1.54) is 16.7 Å². The van der Waals surface area contributed by atoms with Gasteiger partial charge >= 0.3 is 0 Å². The van der Waals surface area contributed by atoms with Crippen molar-refractivity contribution in [3.8, 4) is 11.1 Å². The zero-order chi connectivity index (χ0) is 19.2. The van der Waals surface area contributed by atoms with Gasteiger partial charge in [0.25, 0.3) is 0 Å². The molecule has 4 heteroatoms. The van der Waals surface area contributed by atoms with Crippen LogP contribution in [0, 0.1) is 0 Å². The minimum Gasteiger partial charge on any atom is -0.368 e. The zero-order valence-electron chi connectivity index (χ0n) is 16.5. The lowest BCUT2D eigenvalue weighted by atomic mass is 10.0. The molecule has 4 rings (SSSR count). The molecule has 1 amide bonds. The fraction of sp³-hybridized carbons (Fsp3) is 0.458. The van der Waals surface area contributed by atoms with E-state index in [0.29, 0.717) is 0 Å². The van der Waals surface area contributed by atoms with Gasteiger partial charge in [-0.2, -0.15) is 0 Å². The number of rotatable bonds is 5. The van der Waals surface area contributed by atoms with Crippen molar-refractivity contribution in [2.75, 3.05) is 19.7 Å². The van der Waals surface area contributed by atoms with Crippen molar-refractivity contribution in [1.29, 1.82) is 0 Å². The lowest BCUT2D eigenvalue weighted by Crippen LogP contribution is -2.48. The minimum absolute atomic E-state index is 0.0923. The number of likely N-dealkylation sites (tertiary alicyclic amines) is 1. The lowest BCUT2D eigenvalue weighted by molar-refractivity contribution is -0.136. The van der Waals surface area contributed by atoms with Gasteiger partial charge in [-0.15, -0.1) is 0 Å². The molecule has 0 bridgehead atoms. The van der Waals surface area contributed by atoms with Crippen LogP contribution >= 0.6 is 0 Å². The summed E-state index contributed by atoms with van der Waals surface area (Å²) in [6.45, 7) is 3.74. The van der Waals surface area contributed by atoms with E-state index in [0.717, 1.165) is 58.3 Å². The molecule has 2 fully saturated rings. The second kappa shape index (κ2) is 9.35. The molecular formula is C24H30N2O2. The minimum atomic E-state index is -0.227. The van der Waals surface area contributed by atoms with E-state index in [-0.39, 0.29) is 18.1 Å². The van der Waals surface area contributed by atoms with Crippen LogP contribution in [0.4, 0.5) is 0 Å². The van der Waals surface area contributed by atoms with Gasteiger partial charge in [-0.1, -0.05) is 54.6 Å². The molecular weight excluding hydrogens is 348 g/mol. The third kappa shape index (κ3) is 5.00. The number of ether oxygens (including phenoxy) is 1. The van der Waals surface area contributed by atoms with Gasteiger partial charge in [0.15, 0.2) is 0 Å². The summed E-state index contributed by atoms with van der Waals surface area (Å²) in [5.41, 5.74) is 3.86. The highest BCUT2D eigenvalue weighted by molar-refractivity contribution is 5.81. The van der Waals surface area contributed by atoms with Crippen LogP contribution in [0.3, 0.4) is 0 Å². The van der Waals surface area contributed by atoms with Crippen LogP contribution in [0.2, 0.25) is 0 Å². The van der Waals surface area contributed by atoms with E-state index in [1.807, 2.05) is 6.07 Å². The number of nitrogens with zero attached hydrogens (tertiary/aromatic N) is 1. The van der Waals surface area contributed by atoms with Gasteiger partial charge in [0.2, 0.25) is 5.91 Å². The predicted octanol–water partition coefficient (Wildman–Crippen LogP) is 4.00. The van der Waals surface area contributed by atoms with Crippen LogP contribution < -0.4 is 5.32 Å². The number of piperidine rings is 1. The van der Waals surface area contributed by atoms with Crippen molar-refractivity contribution in [3.05, 3.63) is 60.2 Å². The quantitative estimate of drug-likeness (QED) is 0.855. The van der Waals surface area contributed by atoms with Crippen LogP contribution in [0.5, 0.6) is 0 Å². The third-order valence-corrected chi connectivity index (χ3v) is 5.87. The monoisotopic (exact) mass is 378 g/mol. The van der Waals surface area contributed by atoms with E-state index in [1.54, 1.807) is 0 Å². The van der Waals surface area contributed by atoms with Gasteiger partial charge in [0.1, 0.15) is 6.10 Å². The van der Waals surface area contributed by atoms with Crippen LogP contribution in [0.25, 0.3) is 11.1 Å². The SMILES string of the molecule is O=C(NC1CCN(Cc2ccc(-c3ccccc3)cc2)CC1)[C@@H]1CCCCO1. The molecule has 2 aliphatic heterocycles. The molecule has 28 heavy (non-hydrogen) atoms. The first-order valence-electron chi connectivity index (χ1n) is 10.6. The Labute approximate surface area is 167 Å². The number of amides is 1. The lowest BCUT2D eigenvalue weighted by Gasteiger charge is -2.33. The van der Waals surface area contributed by atoms with E-state index in [4.69, 9.17) is 4.74 Å². The van der Waals surface area contributed by atoms with Crippen molar-refractivity contribution < 1.29 is 9.53 Å². The summed E-state index contributed by atoms with van der Waals surface area (Å²) in [6, 6.07) is 19.7. The summed E-state index contributed by atoms with van der Waals surface area (Å²) in [6.07, 6.45) is 4.84. The first kappa shape index (κ1) is 19.2. The zero-order valence-corrected chi connectivity index (χ0v) is 16.5. The number of hydrogen-bond acceptors (Lipinski definition) is 3. The topological polar surface area (TPSA) is 41.6 Å². The Morgan fingerprint density at radius 3 is 2.32 bits per heavy atom. The predicted molar refractivity (Wildman–Crippen MR) is 112 cm³/mol. The second-order valence-corrected chi connectivity index (χ2v) is 7.98. The fourth-order valence-corrected chi connectivity index (χ4v) is 4.17. The molecule has 2 aromatic rings. The van der Waals surface area contributed by atoms with Gasteiger partial charge in [-0.05, 0) is 48.8 Å². The van der Waals surface area contributed by atoms with Crippen molar-refractivity contribution in [3.63, 3.8) is 0 Å². The van der Waals surface area contributed by atoms with Gasteiger partial charge in [-0.25, -0.2) is 0 Å². The standard InChI is InChI=1S/C24H30N2O2/c27-24(23-8-4-5-17-28-23)25-22-13-15-26(16-14-22)18-19-9-11-21(12-10-19)20-6-2-1-3-7-20/h1-3,6-7,9-12,22-23H,4-5,8,13-18H2,(H,25,27)/t23-/m0/s1. The average Bonchev–Trinajstić information content (AvgIpc) is 2.77. The number of carbonyl (C=O) groups is 1. The summed E-state index contributed by atoms with van der Waals surface area (Å²) < 4.78 is 5.60. The Morgan fingerprint density at radius 1 is 0.929 bits per heavy atom. The van der Waals surface area contributed by atoms with E-state index in [9.17, 15) is 4.79 Å². The maximum absolute atomic E-state index is 12.3. The summed E-state index contributed by atoms with van der Waals surface area (Å²) in [5.74, 6) is 0.0923. The molecule has 2 saturated heterocycles. The van der Waals surface area contributed by atoms with E-state index >= 15 is 0 Å². The maximum atomic E-state index is 12.3. The molecule has 1 N–H and O–H groups in total. The molecule has 0 radical (unpaired) electrons. The largest absolute Gasteiger partial charge is 0.368 e. The summed E-state index contributed by atoms with van der Waals surface area (Å²) >= 11 is 0. The fourth-order valence-electron chi connectivity index (χ4n) is 4.17. The number of hydrogen-bond donors (Lipinski definition) is 1. The molecule has 2 aromatic carbocycles. The van der Waals surface area contributed by atoms with E-state index < -0.39 is 0 Å². The smallest absolute Gasteiger partial charge is 0.249 e. The maximum Gasteiger partial charge on any atom is 0.249 e. The first-order valence-corrected chi connectivity index (χ1v) is 10.6. The van der Waals surface area contributed by atoms with Gasteiger partial charge < -0.3 is 10.1 Å². The van der Waals surface area contributed by atoms with Crippen molar-refractivity contribution in [2.24, 2.45) is 0 Å². The molecule has 0 aromatic heterocycles. The third-order valence-electron chi connectivity index (χ3n) is 5.87. The number of benzene rings is 2. The van der Waals surface area contributed by atoms with Crippen molar-refractivity contribution >= 4 is 5.91 Å². The highest BCUT2D eigenvalue weighted by Crippen LogP contribution is 2.21. The molecule has 0 saturated carbocycles. The number of carbonyl (C=O) groups excluding carboxylic acids is 1. The van der Waals surface area contributed by atoms with E-state index in [2.05, 4.69) is 58.7 Å². The summed E-state index contributed by atoms with van der Waals surface area (Å²) in [5, 5.41) is 3.21. The van der Waals surface area contributed by atoms with Crippen LogP contribution in [-0.2, 0) is 16.1 Å². The highest BCUT2D eigenvalue weighted by atomic mass is 16.5. The Hall–Kier alpha value is -2.17. The Balaban J connectivity index is 1.23. The van der Waals surface area contributed by atoms with Crippen molar-refractivity contribution in [2.45, 2.75) is 50.8 Å². The molecule has 1 atom stereocenters. The van der Waals surface area contributed by atoms with Crippen LogP contribution in [0.15, 0.2) is 54.6 Å². The van der Waals surface area contributed by atoms with Gasteiger partial charge in [0, 0.05) is 32.3 Å². The van der Waals surface area contributed by atoms with Crippen LogP contribution in [0.1, 0.15) is 37.7 Å². The molecule has 0 unspecified atom stereocenters. The molecule has 0 spiro atoms. The normalized spacial score (nSPS) is 21.4. The van der Waals surface area contributed by atoms with Crippen molar-refractivity contribution in [1.82, 2.24) is 10.2 Å². The Morgan fingerprint density at radius 2 is 1.64 bits per heavy atom. The second-order valence-electron chi connectivity index (χ2n) is 7.98. The van der Waals surface area contributed by atoms with Crippen LogP contribution in [-0.4, -0.2) is 42.6 Å². The summed E-state index contributed by atoms with van der Waals surface area (Å²) in [7, 11) is 0. The van der Waals surface area contributed by atoms with Gasteiger partial charge in [0.05, 0.1) is 0 Å². The number of nitrogens with one attached hydrogen (secondary N) is 1. The molecule has 0 aliphatic carbocycles. The molecule has 2 aliphatic rings. The first-order chi connectivity index (χ1) is 13.8. The Kier molecular flexibility index (Phi) is 6.40.